The van der Waals surface area contributed by atoms with Crippen molar-refractivity contribution < 1.29 is 10.2 Å². The topological polar surface area (TPSA) is 81.5 Å². The Bertz CT molecular complexity index is 495. The van der Waals surface area contributed by atoms with E-state index in [1.165, 1.54) is 12.8 Å². The molecule has 6 heteroatoms. The highest BCUT2D eigenvalue weighted by Crippen LogP contribution is 2.44. The monoisotopic (exact) mass is 306 g/mol. The van der Waals surface area contributed by atoms with Gasteiger partial charge in [0, 0.05) is 31.1 Å². The molecule has 1 aromatic rings. The molecule has 1 aliphatic carbocycles. The largest absolute Gasteiger partial charge is 0.396 e. The number of rotatable bonds is 7. The van der Waals surface area contributed by atoms with Gasteiger partial charge in [-0.1, -0.05) is 12.8 Å². The molecule has 0 amide bonds. The Morgan fingerprint density at radius 1 is 1.32 bits per heavy atom. The first kappa shape index (κ1) is 15.5. The minimum Gasteiger partial charge on any atom is -0.396 e. The van der Waals surface area contributed by atoms with Crippen molar-refractivity contribution in [2.45, 2.75) is 32.1 Å². The van der Waals surface area contributed by atoms with E-state index in [1.807, 2.05) is 6.07 Å². The van der Waals surface area contributed by atoms with Gasteiger partial charge >= 0.3 is 0 Å². The van der Waals surface area contributed by atoms with Gasteiger partial charge in [0.05, 0.1) is 13.2 Å². The summed E-state index contributed by atoms with van der Waals surface area (Å²) >= 11 is 0. The van der Waals surface area contributed by atoms with Gasteiger partial charge in [-0.15, -0.1) is 0 Å². The van der Waals surface area contributed by atoms with Crippen LogP contribution < -0.4 is 10.2 Å². The highest BCUT2D eigenvalue weighted by molar-refractivity contribution is 5.49. The standard InChI is InChI=1S/C16H26N4O2/c21-7-5-17-14-8-15(19-12-18-14)20-6-1-4-16(10-20,11-22)9-13-2-3-13/h8,12-13,21-22H,1-7,9-11H2,(H,17,18,19). The SMILES string of the molecule is OCCNc1cc(N2CCCC(CO)(CC3CC3)C2)ncn1. The zero-order chi connectivity index (χ0) is 15.4. The Morgan fingerprint density at radius 3 is 2.91 bits per heavy atom. The zero-order valence-corrected chi connectivity index (χ0v) is 13.0. The maximum absolute atomic E-state index is 9.95. The Kier molecular flexibility index (Phi) is 4.78. The molecule has 1 saturated heterocycles. The van der Waals surface area contributed by atoms with Gasteiger partial charge in [-0.25, -0.2) is 9.97 Å². The molecular weight excluding hydrogens is 280 g/mol. The molecule has 0 radical (unpaired) electrons. The van der Waals surface area contributed by atoms with Crippen molar-refractivity contribution in [3.8, 4) is 0 Å². The van der Waals surface area contributed by atoms with Crippen LogP contribution in [0.4, 0.5) is 11.6 Å². The van der Waals surface area contributed by atoms with Crippen molar-refractivity contribution in [1.29, 1.82) is 0 Å². The second-order valence-corrected chi connectivity index (χ2v) is 6.74. The van der Waals surface area contributed by atoms with Gasteiger partial charge in [-0.2, -0.15) is 0 Å². The molecule has 2 aliphatic rings. The summed E-state index contributed by atoms with van der Waals surface area (Å²) in [4.78, 5) is 10.8. The predicted molar refractivity (Wildman–Crippen MR) is 85.9 cm³/mol. The van der Waals surface area contributed by atoms with Crippen LogP contribution in [-0.2, 0) is 0 Å². The second kappa shape index (κ2) is 6.79. The number of aromatic nitrogens is 2. The Labute approximate surface area is 131 Å². The molecule has 6 nitrogen and oxygen atoms in total. The van der Waals surface area contributed by atoms with Crippen LogP contribution >= 0.6 is 0 Å². The van der Waals surface area contributed by atoms with Crippen LogP contribution in [0.25, 0.3) is 0 Å². The lowest BCUT2D eigenvalue weighted by atomic mass is 9.76. The normalized spacial score (nSPS) is 25.3. The molecule has 2 fully saturated rings. The smallest absolute Gasteiger partial charge is 0.134 e. The summed E-state index contributed by atoms with van der Waals surface area (Å²) in [6, 6.07) is 1.93. The van der Waals surface area contributed by atoms with Crippen molar-refractivity contribution in [3.63, 3.8) is 0 Å². The molecule has 2 heterocycles. The van der Waals surface area contributed by atoms with Gasteiger partial charge in [0.15, 0.2) is 0 Å². The third-order valence-corrected chi connectivity index (χ3v) is 4.81. The van der Waals surface area contributed by atoms with Gasteiger partial charge in [0.2, 0.25) is 0 Å². The fourth-order valence-corrected chi connectivity index (χ4v) is 3.50. The Morgan fingerprint density at radius 2 is 2.18 bits per heavy atom. The van der Waals surface area contributed by atoms with E-state index in [4.69, 9.17) is 5.11 Å². The summed E-state index contributed by atoms with van der Waals surface area (Å²) in [6.45, 7) is 2.68. The third kappa shape index (κ3) is 3.67. The van der Waals surface area contributed by atoms with E-state index in [0.717, 1.165) is 49.9 Å². The van der Waals surface area contributed by atoms with E-state index in [-0.39, 0.29) is 18.6 Å². The number of nitrogens with one attached hydrogen (secondary N) is 1. The van der Waals surface area contributed by atoms with E-state index in [1.54, 1.807) is 6.33 Å². The molecule has 1 aromatic heterocycles. The van der Waals surface area contributed by atoms with Gasteiger partial charge in [0.25, 0.3) is 0 Å². The van der Waals surface area contributed by atoms with Crippen molar-refractivity contribution in [2.24, 2.45) is 11.3 Å². The molecule has 0 aromatic carbocycles. The molecule has 22 heavy (non-hydrogen) atoms. The molecule has 0 spiro atoms. The van der Waals surface area contributed by atoms with Crippen LogP contribution in [0.1, 0.15) is 32.1 Å². The molecule has 3 rings (SSSR count). The fourth-order valence-electron chi connectivity index (χ4n) is 3.50. The average molecular weight is 306 g/mol. The van der Waals surface area contributed by atoms with Gasteiger partial charge in [-0.05, 0) is 25.2 Å². The number of piperidine rings is 1. The summed E-state index contributed by atoms with van der Waals surface area (Å²) in [5.41, 5.74) is 0.0308. The number of anilines is 2. The Hall–Kier alpha value is -1.40. The minimum absolute atomic E-state index is 0.0308. The highest BCUT2D eigenvalue weighted by Gasteiger charge is 2.40. The maximum atomic E-state index is 9.95. The number of aliphatic hydroxyl groups is 2. The minimum atomic E-state index is 0.0308. The van der Waals surface area contributed by atoms with Crippen LogP contribution in [0.3, 0.4) is 0 Å². The number of nitrogens with zero attached hydrogens (tertiary/aromatic N) is 3. The summed E-state index contributed by atoms with van der Waals surface area (Å²) < 4.78 is 0. The lowest BCUT2D eigenvalue weighted by Crippen LogP contribution is -2.46. The number of hydrogen-bond acceptors (Lipinski definition) is 6. The number of aliphatic hydroxyl groups excluding tert-OH is 2. The highest BCUT2D eigenvalue weighted by atomic mass is 16.3. The van der Waals surface area contributed by atoms with E-state index in [9.17, 15) is 5.11 Å². The van der Waals surface area contributed by atoms with Crippen molar-refractivity contribution in [1.82, 2.24) is 9.97 Å². The van der Waals surface area contributed by atoms with Crippen LogP contribution in [0.15, 0.2) is 12.4 Å². The van der Waals surface area contributed by atoms with Crippen LogP contribution in [0.2, 0.25) is 0 Å². The zero-order valence-electron chi connectivity index (χ0n) is 13.0. The molecule has 3 N–H and O–H groups in total. The first-order valence-electron chi connectivity index (χ1n) is 8.27. The van der Waals surface area contributed by atoms with Crippen LogP contribution in [0.5, 0.6) is 0 Å². The predicted octanol–water partition coefficient (Wildman–Crippen LogP) is 1.26. The van der Waals surface area contributed by atoms with Crippen molar-refractivity contribution in [3.05, 3.63) is 12.4 Å². The molecule has 1 aliphatic heterocycles. The first-order chi connectivity index (χ1) is 10.7. The summed E-state index contributed by atoms with van der Waals surface area (Å²) in [6.07, 6.45) is 7.55. The fraction of sp³-hybridized carbons (Fsp3) is 0.750. The molecule has 1 saturated carbocycles. The molecule has 0 bridgehead atoms. The van der Waals surface area contributed by atoms with Gasteiger partial charge in [-0.3, -0.25) is 0 Å². The third-order valence-electron chi connectivity index (χ3n) is 4.81. The molecule has 1 unspecified atom stereocenters. The summed E-state index contributed by atoms with van der Waals surface area (Å²) in [5, 5.41) is 21.9. The van der Waals surface area contributed by atoms with Crippen LogP contribution in [0, 0.1) is 11.3 Å². The maximum Gasteiger partial charge on any atom is 0.134 e. The van der Waals surface area contributed by atoms with E-state index in [2.05, 4.69) is 20.2 Å². The summed E-state index contributed by atoms with van der Waals surface area (Å²) in [7, 11) is 0. The quantitative estimate of drug-likeness (QED) is 0.703. The second-order valence-electron chi connectivity index (χ2n) is 6.74. The summed E-state index contributed by atoms with van der Waals surface area (Å²) in [5.74, 6) is 2.46. The lowest BCUT2D eigenvalue weighted by molar-refractivity contribution is 0.0901. The first-order valence-corrected chi connectivity index (χ1v) is 8.27. The Balaban J connectivity index is 1.70. The van der Waals surface area contributed by atoms with Crippen molar-refractivity contribution in [2.75, 3.05) is 43.1 Å². The van der Waals surface area contributed by atoms with E-state index >= 15 is 0 Å². The van der Waals surface area contributed by atoms with Gasteiger partial charge < -0.3 is 20.4 Å². The molecular formula is C16H26N4O2. The molecule has 122 valence electrons. The molecule has 1 atom stereocenters. The number of hydrogen-bond donors (Lipinski definition) is 3. The van der Waals surface area contributed by atoms with Crippen molar-refractivity contribution >= 4 is 11.6 Å². The van der Waals surface area contributed by atoms with E-state index in [0.29, 0.717) is 6.54 Å². The average Bonchev–Trinajstić information content (AvgIpc) is 3.37. The van der Waals surface area contributed by atoms with E-state index < -0.39 is 0 Å². The van der Waals surface area contributed by atoms with Gasteiger partial charge in [0.1, 0.15) is 18.0 Å². The lowest BCUT2D eigenvalue weighted by Gasteiger charge is -2.42. The van der Waals surface area contributed by atoms with Crippen LogP contribution in [-0.4, -0.2) is 53.0 Å².